The van der Waals surface area contributed by atoms with Gasteiger partial charge in [0.1, 0.15) is 11.4 Å². The molecule has 0 spiro atoms. The molecule has 0 bridgehead atoms. The monoisotopic (exact) mass is 396 g/mol. The van der Waals surface area contributed by atoms with Crippen molar-refractivity contribution in [1.29, 1.82) is 0 Å². The number of anilines is 3. The highest BCUT2D eigenvalue weighted by Gasteiger charge is 2.31. The Kier molecular flexibility index (Phi) is 5.20. The number of carboxylic acid groups (broad SMARTS) is 1. The molecule has 29 heavy (non-hydrogen) atoms. The molecule has 1 saturated heterocycles. The maximum Gasteiger partial charge on any atom is 0.404 e. The number of piperidine rings is 1. The molecule has 2 aliphatic heterocycles. The zero-order chi connectivity index (χ0) is 20.4. The first-order valence-corrected chi connectivity index (χ1v) is 9.77. The molecule has 3 heterocycles. The van der Waals surface area contributed by atoms with Crippen LogP contribution in [0.1, 0.15) is 40.9 Å². The number of carbonyl (C=O) groups is 2. The molecule has 4 N–H and O–H groups in total. The predicted molar refractivity (Wildman–Crippen MR) is 109 cm³/mol. The molecule has 2 amide bonds. The molecule has 9 nitrogen and oxygen atoms in total. The number of carbonyl (C=O) groups excluding carboxylic acids is 1. The average Bonchev–Trinajstić information content (AvgIpc) is 3.08. The molecule has 1 atom stereocenters. The zero-order valence-electron chi connectivity index (χ0n) is 16.2. The van der Waals surface area contributed by atoms with Crippen molar-refractivity contribution in [2.24, 2.45) is 0 Å². The molecule has 0 aliphatic carbocycles. The van der Waals surface area contributed by atoms with Gasteiger partial charge in [0.05, 0.1) is 12.2 Å². The first kappa shape index (κ1) is 19.0. The molecule has 0 radical (unpaired) electrons. The van der Waals surface area contributed by atoms with Crippen LogP contribution in [0.3, 0.4) is 0 Å². The lowest BCUT2D eigenvalue weighted by Crippen LogP contribution is -2.47. The third-order valence-electron chi connectivity index (χ3n) is 5.27. The van der Waals surface area contributed by atoms with Crippen molar-refractivity contribution in [3.05, 3.63) is 41.1 Å². The number of benzene rings is 1. The Balaban J connectivity index is 1.68. The van der Waals surface area contributed by atoms with Gasteiger partial charge in [-0.15, -0.1) is 0 Å². The zero-order valence-corrected chi connectivity index (χ0v) is 16.2. The first-order chi connectivity index (χ1) is 14.0. The second-order valence-electron chi connectivity index (χ2n) is 7.40. The van der Waals surface area contributed by atoms with Gasteiger partial charge in [-0.3, -0.25) is 4.79 Å². The lowest BCUT2D eigenvalue weighted by molar-refractivity contribution is 0.0966. The van der Waals surface area contributed by atoms with Gasteiger partial charge in [-0.25, -0.2) is 9.78 Å². The molecule has 2 aliphatic rings. The number of rotatable bonds is 5. The lowest BCUT2D eigenvalue weighted by Gasteiger charge is -2.36. The highest BCUT2D eigenvalue weighted by molar-refractivity contribution is 6.02. The summed E-state index contributed by atoms with van der Waals surface area (Å²) in [5.41, 5.74) is 3.07. The van der Waals surface area contributed by atoms with Crippen LogP contribution in [0, 0.1) is 6.92 Å². The van der Waals surface area contributed by atoms with Gasteiger partial charge in [0.15, 0.2) is 0 Å². The van der Waals surface area contributed by atoms with E-state index in [9.17, 15) is 9.59 Å². The molecule has 1 aromatic carbocycles. The highest BCUT2D eigenvalue weighted by atomic mass is 16.4. The van der Waals surface area contributed by atoms with Crippen LogP contribution in [0.15, 0.2) is 24.3 Å². The fraction of sp³-hybridized carbons (Fsp3) is 0.400. The molecule has 2 aromatic rings. The van der Waals surface area contributed by atoms with Gasteiger partial charge < -0.3 is 26.0 Å². The van der Waals surface area contributed by atoms with Gasteiger partial charge in [0.25, 0.3) is 5.91 Å². The van der Waals surface area contributed by atoms with Gasteiger partial charge in [-0.05, 0) is 43.9 Å². The summed E-state index contributed by atoms with van der Waals surface area (Å²) in [6.07, 6.45) is 1.84. The van der Waals surface area contributed by atoms with Crippen LogP contribution in [0.25, 0.3) is 0 Å². The number of aromatic nitrogens is 2. The number of hydrogen-bond acceptors (Lipinski definition) is 6. The van der Waals surface area contributed by atoms with Gasteiger partial charge in [0.2, 0.25) is 5.95 Å². The van der Waals surface area contributed by atoms with Gasteiger partial charge in [-0.2, -0.15) is 4.98 Å². The summed E-state index contributed by atoms with van der Waals surface area (Å²) >= 11 is 0. The predicted octanol–water partition coefficient (Wildman–Crippen LogP) is 2.40. The van der Waals surface area contributed by atoms with Gasteiger partial charge >= 0.3 is 6.09 Å². The van der Waals surface area contributed by atoms with E-state index in [1.54, 1.807) is 0 Å². The number of amides is 2. The van der Waals surface area contributed by atoms with Crippen LogP contribution >= 0.6 is 0 Å². The summed E-state index contributed by atoms with van der Waals surface area (Å²) in [6.45, 7) is 3.42. The van der Waals surface area contributed by atoms with E-state index in [0.29, 0.717) is 36.1 Å². The van der Waals surface area contributed by atoms with E-state index in [1.807, 2.05) is 36.1 Å². The number of hydrogen-bond donors (Lipinski definition) is 4. The van der Waals surface area contributed by atoms with E-state index in [2.05, 4.69) is 25.9 Å². The van der Waals surface area contributed by atoms with Crippen molar-refractivity contribution in [3.8, 4) is 0 Å². The Hall–Kier alpha value is -3.36. The van der Waals surface area contributed by atoms with Crippen molar-refractivity contribution in [2.45, 2.75) is 38.8 Å². The van der Waals surface area contributed by atoms with E-state index < -0.39 is 6.09 Å². The molecule has 4 rings (SSSR count). The fourth-order valence-electron chi connectivity index (χ4n) is 3.87. The molecule has 1 fully saturated rings. The smallest absolute Gasteiger partial charge is 0.404 e. The van der Waals surface area contributed by atoms with Crippen molar-refractivity contribution in [1.82, 2.24) is 20.6 Å². The van der Waals surface area contributed by atoms with Crippen LogP contribution < -0.4 is 20.9 Å². The Labute approximate surface area is 168 Å². The van der Waals surface area contributed by atoms with Crippen molar-refractivity contribution in [3.63, 3.8) is 0 Å². The van der Waals surface area contributed by atoms with Gasteiger partial charge in [-0.1, -0.05) is 12.1 Å². The Morgan fingerprint density at radius 2 is 2.21 bits per heavy atom. The highest BCUT2D eigenvalue weighted by Crippen LogP contribution is 2.30. The van der Waals surface area contributed by atoms with E-state index in [-0.39, 0.29) is 11.9 Å². The second kappa shape index (κ2) is 7.94. The normalized spacial score (nSPS) is 18.2. The topological polar surface area (TPSA) is 119 Å². The number of fused-ring (bicyclic) bond motifs is 1. The second-order valence-corrected chi connectivity index (χ2v) is 7.40. The fourth-order valence-corrected chi connectivity index (χ4v) is 3.87. The molecule has 1 aromatic heterocycles. The summed E-state index contributed by atoms with van der Waals surface area (Å²) in [5, 5.41) is 17.5. The van der Waals surface area contributed by atoms with Crippen LogP contribution in [0.2, 0.25) is 0 Å². The van der Waals surface area contributed by atoms with Gasteiger partial charge in [0, 0.05) is 24.8 Å². The van der Waals surface area contributed by atoms with Crippen LogP contribution in [0.5, 0.6) is 0 Å². The molecule has 9 heteroatoms. The Morgan fingerprint density at radius 3 is 3.00 bits per heavy atom. The van der Waals surface area contributed by atoms with E-state index in [1.165, 1.54) is 0 Å². The summed E-state index contributed by atoms with van der Waals surface area (Å²) in [5.74, 6) is 0.804. The van der Waals surface area contributed by atoms with E-state index >= 15 is 0 Å². The maximum absolute atomic E-state index is 12.4. The molecule has 152 valence electrons. The minimum Gasteiger partial charge on any atom is -0.465 e. The van der Waals surface area contributed by atoms with Crippen LogP contribution in [0.4, 0.5) is 22.2 Å². The molecule has 0 saturated carbocycles. The van der Waals surface area contributed by atoms with Crippen molar-refractivity contribution >= 4 is 29.5 Å². The standard InChI is InChI=1S/C20H24N6O3/c1-12-5-4-6-13(9-12)23-17-16-15(11-21-18(16)27)24-19(25-17)26-8-3-2-7-14(26)10-22-20(28)29/h4-6,9,14,22H,2-3,7-8,10-11H2,1H3,(H,21,27)(H,28,29)(H,23,24,25). The minimum atomic E-state index is -1.04. The number of nitrogens with one attached hydrogen (secondary N) is 3. The van der Waals surface area contributed by atoms with Crippen LogP contribution in [-0.2, 0) is 6.54 Å². The maximum atomic E-state index is 12.4. The summed E-state index contributed by atoms with van der Waals surface area (Å²) in [4.78, 5) is 34.7. The van der Waals surface area contributed by atoms with Crippen LogP contribution in [-0.4, -0.2) is 46.2 Å². The summed E-state index contributed by atoms with van der Waals surface area (Å²) in [6, 6.07) is 7.84. The summed E-state index contributed by atoms with van der Waals surface area (Å²) < 4.78 is 0. The largest absolute Gasteiger partial charge is 0.465 e. The summed E-state index contributed by atoms with van der Waals surface area (Å²) in [7, 11) is 0. The van der Waals surface area contributed by atoms with E-state index in [0.717, 1.165) is 37.1 Å². The molecular weight excluding hydrogens is 372 g/mol. The first-order valence-electron chi connectivity index (χ1n) is 9.77. The minimum absolute atomic E-state index is 0.0187. The molecular formula is C20H24N6O3. The number of nitrogens with zero attached hydrogens (tertiary/aromatic N) is 3. The lowest BCUT2D eigenvalue weighted by atomic mass is 10.0. The Bertz CT molecular complexity index is 948. The van der Waals surface area contributed by atoms with E-state index in [4.69, 9.17) is 5.11 Å². The van der Waals surface area contributed by atoms with Crippen molar-refractivity contribution < 1.29 is 14.7 Å². The molecule has 1 unspecified atom stereocenters. The Morgan fingerprint density at radius 1 is 1.34 bits per heavy atom. The average molecular weight is 396 g/mol. The number of aryl methyl sites for hydroxylation is 1. The third kappa shape index (κ3) is 4.08. The van der Waals surface area contributed by atoms with Crippen molar-refractivity contribution in [2.75, 3.05) is 23.3 Å². The third-order valence-corrected chi connectivity index (χ3v) is 5.27. The SMILES string of the molecule is Cc1cccc(Nc2nc(N3CCCCC3CNC(=O)O)nc3c2C(=O)NC3)c1. The quantitative estimate of drug-likeness (QED) is 0.613.